The molecule has 28 heavy (non-hydrogen) atoms. The fourth-order valence-corrected chi connectivity index (χ4v) is 3.72. The van der Waals surface area contributed by atoms with Crippen LogP contribution in [0.4, 0.5) is 5.69 Å². The molecule has 8 heteroatoms. The Labute approximate surface area is 166 Å². The first-order valence-corrected chi connectivity index (χ1v) is 9.26. The Hall–Kier alpha value is -3.52. The molecule has 0 unspecified atom stereocenters. The summed E-state index contributed by atoms with van der Waals surface area (Å²) in [5.41, 5.74) is 5.66. The second-order valence-corrected chi connectivity index (χ2v) is 7.20. The number of hydrogen-bond donors (Lipinski definition) is 2. The number of H-pyrrole nitrogens is 2. The summed E-state index contributed by atoms with van der Waals surface area (Å²) in [5, 5.41) is 11.5. The number of hydrogen-bond acceptors (Lipinski definition) is 4. The normalized spacial score (nSPS) is 12.5. The summed E-state index contributed by atoms with van der Waals surface area (Å²) in [7, 11) is 0. The number of nitrogens with zero attached hydrogens (tertiary/aromatic N) is 3. The third-order valence-electron chi connectivity index (χ3n) is 4.44. The molecule has 0 saturated heterocycles. The fourth-order valence-electron chi connectivity index (χ4n) is 3.19. The van der Waals surface area contributed by atoms with Crippen molar-refractivity contribution < 1.29 is 4.92 Å². The largest absolute Gasteiger partial charge is 0.355 e. The van der Waals surface area contributed by atoms with Gasteiger partial charge in [0, 0.05) is 22.6 Å². The van der Waals surface area contributed by atoms with Crippen LogP contribution >= 0.6 is 15.9 Å². The van der Waals surface area contributed by atoms with E-state index in [1.54, 1.807) is 0 Å². The van der Waals surface area contributed by atoms with Crippen LogP contribution in [0.3, 0.4) is 0 Å². The molecule has 0 atom stereocenters. The van der Waals surface area contributed by atoms with Crippen LogP contribution in [0.25, 0.3) is 46.4 Å². The number of halogens is 1. The van der Waals surface area contributed by atoms with Gasteiger partial charge in [-0.2, -0.15) is 0 Å². The lowest BCUT2D eigenvalue weighted by molar-refractivity contribution is -0.383. The van der Waals surface area contributed by atoms with Crippen molar-refractivity contribution in [1.82, 2.24) is 19.9 Å². The van der Waals surface area contributed by atoms with E-state index in [0.29, 0.717) is 21.2 Å². The topological polar surface area (TPSA) is 100 Å². The molecule has 0 aliphatic carbocycles. The molecule has 0 amide bonds. The molecule has 7 nitrogen and oxygen atoms in total. The first-order chi connectivity index (χ1) is 13.5. The third kappa shape index (κ3) is 2.93. The molecule has 3 aromatic rings. The van der Waals surface area contributed by atoms with Crippen LogP contribution in [0.2, 0.25) is 0 Å². The monoisotopic (exact) mass is 433 g/mol. The number of aromatic nitrogens is 4. The van der Waals surface area contributed by atoms with E-state index in [1.165, 1.54) is 6.07 Å². The van der Waals surface area contributed by atoms with E-state index in [9.17, 15) is 10.1 Å². The lowest BCUT2D eigenvalue weighted by Crippen LogP contribution is -1.86. The molecule has 5 rings (SSSR count). The highest BCUT2D eigenvalue weighted by atomic mass is 79.9. The molecule has 0 fully saturated rings. The van der Waals surface area contributed by atoms with Crippen molar-refractivity contribution in [1.29, 1.82) is 0 Å². The van der Waals surface area contributed by atoms with E-state index in [4.69, 9.17) is 0 Å². The second-order valence-electron chi connectivity index (χ2n) is 6.41. The standard InChI is InChI=1S/C20H12BrN5O2/c21-19-17-6-5-15(24-17)8-13-2-1-11(22-13)7-12-3-4-14(23-12)9-16-10-18(26(27)28)20(19)25-16/h1-10,23,25H. The van der Waals surface area contributed by atoms with Crippen molar-refractivity contribution >= 4 is 68.0 Å². The summed E-state index contributed by atoms with van der Waals surface area (Å²) in [5.74, 6) is 0. The zero-order chi connectivity index (χ0) is 19.3. The Bertz CT molecular complexity index is 1360. The molecule has 3 aromatic heterocycles. The Kier molecular flexibility index (Phi) is 3.73. The number of fused-ring (bicyclic) bond motifs is 8. The molecule has 0 aromatic carbocycles. The van der Waals surface area contributed by atoms with Gasteiger partial charge in [0.25, 0.3) is 5.69 Å². The quantitative estimate of drug-likeness (QED) is 0.275. The van der Waals surface area contributed by atoms with Crippen molar-refractivity contribution in [3.8, 4) is 0 Å². The van der Waals surface area contributed by atoms with Crippen molar-refractivity contribution in [3.63, 3.8) is 0 Å². The van der Waals surface area contributed by atoms with E-state index in [2.05, 4.69) is 35.9 Å². The van der Waals surface area contributed by atoms with Crippen molar-refractivity contribution in [2.45, 2.75) is 0 Å². The van der Waals surface area contributed by atoms with Crippen LogP contribution in [0.15, 0.2) is 40.9 Å². The maximum atomic E-state index is 11.5. The van der Waals surface area contributed by atoms with E-state index in [0.717, 1.165) is 28.1 Å². The molecule has 5 heterocycles. The molecule has 8 bridgehead atoms. The highest BCUT2D eigenvalue weighted by molar-refractivity contribution is 9.10. The van der Waals surface area contributed by atoms with Gasteiger partial charge < -0.3 is 9.97 Å². The van der Waals surface area contributed by atoms with Gasteiger partial charge in [-0.15, -0.1) is 0 Å². The Balaban J connectivity index is 1.92. The zero-order valence-corrected chi connectivity index (χ0v) is 15.9. The molecular formula is C20H12BrN5O2. The van der Waals surface area contributed by atoms with Gasteiger partial charge in [-0.25, -0.2) is 9.97 Å². The maximum Gasteiger partial charge on any atom is 0.295 e. The van der Waals surface area contributed by atoms with Crippen LogP contribution in [0, 0.1) is 10.1 Å². The molecule has 136 valence electrons. The Morgan fingerprint density at radius 2 is 1.50 bits per heavy atom. The van der Waals surface area contributed by atoms with E-state index in [-0.39, 0.29) is 5.69 Å². The molecule has 0 saturated carbocycles. The Morgan fingerprint density at radius 1 is 0.821 bits per heavy atom. The number of nitrogens with one attached hydrogen (secondary N) is 2. The molecule has 0 spiro atoms. The predicted molar refractivity (Wildman–Crippen MR) is 113 cm³/mol. The minimum Gasteiger partial charge on any atom is -0.355 e. The van der Waals surface area contributed by atoms with Gasteiger partial charge >= 0.3 is 0 Å². The van der Waals surface area contributed by atoms with Crippen molar-refractivity contribution in [2.75, 3.05) is 0 Å². The highest BCUT2D eigenvalue weighted by Crippen LogP contribution is 2.31. The zero-order valence-electron chi connectivity index (χ0n) is 14.3. The van der Waals surface area contributed by atoms with Gasteiger partial charge in [0.2, 0.25) is 0 Å². The van der Waals surface area contributed by atoms with E-state index in [1.807, 2.05) is 54.6 Å². The van der Waals surface area contributed by atoms with Gasteiger partial charge in [0.1, 0.15) is 5.52 Å². The number of rotatable bonds is 1. The molecular weight excluding hydrogens is 422 g/mol. The van der Waals surface area contributed by atoms with Crippen LogP contribution in [-0.2, 0) is 0 Å². The number of aromatic amines is 2. The number of nitro groups is 1. The first-order valence-electron chi connectivity index (χ1n) is 8.46. The van der Waals surface area contributed by atoms with Crippen molar-refractivity contribution in [2.24, 2.45) is 0 Å². The summed E-state index contributed by atoms with van der Waals surface area (Å²) in [6, 6.07) is 11.0. The van der Waals surface area contributed by atoms with Crippen LogP contribution < -0.4 is 0 Å². The lowest BCUT2D eigenvalue weighted by atomic mass is 10.3. The first kappa shape index (κ1) is 16.6. The smallest absolute Gasteiger partial charge is 0.295 e. The summed E-state index contributed by atoms with van der Waals surface area (Å²) in [4.78, 5) is 26.7. The minimum absolute atomic E-state index is 0.0174. The summed E-state index contributed by atoms with van der Waals surface area (Å²) >= 11 is 3.48. The minimum atomic E-state index is -0.405. The average molecular weight is 434 g/mol. The molecule has 2 aliphatic rings. The average Bonchev–Trinajstić information content (AvgIpc) is 3.43. The maximum absolute atomic E-state index is 11.5. The molecule has 2 N–H and O–H groups in total. The fraction of sp³-hybridized carbons (Fsp3) is 0. The van der Waals surface area contributed by atoms with Gasteiger partial charge in [-0.05, 0) is 70.6 Å². The lowest BCUT2D eigenvalue weighted by Gasteiger charge is -1.92. The van der Waals surface area contributed by atoms with Crippen LogP contribution in [0.5, 0.6) is 0 Å². The summed E-state index contributed by atoms with van der Waals surface area (Å²) in [6.07, 6.45) is 7.54. The summed E-state index contributed by atoms with van der Waals surface area (Å²) in [6.45, 7) is 0. The molecule has 2 aliphatic heterocycles. The summed E-state index contributed by atoms with van der Waals surface area (Å²) < 4.78 is 0.530. The van der Waals surface area contributed by atoms with E-state index < -0.39 is 4.92 Å². The van der Waals surface area contributed by atoms with E-state index >= 15 is 0 Å². The SMILES string of the molecule is O=[N+]([O-])c1cc2cc3ccc(cc4nc(cc5nc(c(Br)c1[nH]2)C=C5)C=C4)[nH]3. The molecule has 0 radical (unpaired) electrons. The van der Waals surface area contributed by atoms with Gasteiger partial charge in [-0.3, -0.25) is 10.1 Å². The highest BCUT2D eigenvalue weighted by Gasteiger charge is 2.17. The van der Waals surface area contributed by atoms with Gasteiger partial charge in [-0.1, -0.05) is 0 Å². The third-order valence-corrected chi connectivity index (χ3v) is 5.25. The van der Waals surface area contributed by atoms with Gasteiger partial charge in [0.15, 0.2) is 0 Å². The van der Waals surface area contributed by atoms with Gasteiger partial charge in [0.05, 0.1) is 32.2 Å². The van der Waals surface area contributed by atoms with Crippen LogP contribution in [-0.4, -0.2) is 24.9 Å². The van der Waals surface area contributed by atoms with Crippen LogP contribution in [0.1, 0.15) is 22.8 Å². The second kappa shape index (κ2) is 6.28. The van der Waals surface area contributed by atoms with Crippen molar-refractivity contribution in [3.05, 3.63) is 73.8 Å². The predicted octanol–water partition coefficient (Wildman–Crippen LogP) is 5.33. The Morgan fingerprint density at radius 3 is 2.29 bits per heavy atom.